The predicted molar refractivity (Wildman–Crippen MR) is 177 cm³/mol. The first-order valence-corrected chi connectivity index (χ1v) is 16.4. The number of aromatic nitrogens is 2. The molecule has 7 rings (SSSR count). The molecule has 248 valence electrons. The summed E-state index contributed by atoms with van der Waals surface area (Å²) >= 11 is 0. The van der Waals surface area contributed by atoms with Crippen molar-refractivity contribution in [2.75, 3.05) is 60.5 Å². The van der Waals surface area contributed by atoms with Gasteiger partial charge in [-0.1, -0.05) is 6.58 Å². The number of halogens is 2. The summed E-state index contributed by atoms with van der Waals surface area (Å²) in [5.74, 6) is -0.162. The molecule has 0 radical (unpaired) electrons. The molecular weight excluding hydrogens is 604 g/mol. The van der Waals surface area contributed by atoms with Crippen LogP contribution in [0.1, 0.15) is 56.6 Å². The topological polar surface area (TPSA) is 95.1 Å². The third-order valence-electron chi connectivity index (χ3n) is 10.2. The zero-order valence-electron chi connectivity index (χ0n) is 26.7. The molecule has 4 heterocycles. The number of anilines is 5. The van der Waals surface area contributed by atoms with E-state index in [1.165, 1.54) is 63.3 Å². The maximum atomic E-state index is 14.0. The van der Waals surface area contributed by atoms with Gasteiger partial charge in [0.25, 0.3) is 0 Å². The van der Waals surface area contributed by atoms with Crippen LogP contribution in [-0.4, -0.2) is 66.7 Å². The summed E-state index contributed by atoms with van der Waals surface area (Å²) in [4.78, 5) is 32.2. The lowest BCUT2D eigenvalue weighted by Gasteiger charge is -2.43. The normalized spacial score (nSPS) is 21.1. The van der Waals surface area contributed by atoms with Gasteiger partial charge in [0.05, 0.1) is 36.8 Å². The van der Waals surface area contributed by atoms with E-state index in [9.17, 15) is 13.6 Å². The van der Waals surface area contributed by atoms with Crippen molar-refractivity contribution < 1.29 is 23.1 Å². The number of methoxy groups -OCH3 is 1. The zero-order valence-corrected chi connectivity index (χ0v) is 26.7. The first kappa shape index (κ1) is 31.3. The monoisotopic (exact) mass is 645 g/mol. The van der Waals surface area contributed by atoms with Crippen molar-refractivity contribution in [1.29, 1.82) is 0 Å². The molecule has 47 heavy (non-hydrogen) atoms. The molecule has 1 spiro atoms. The van der Waals surface area contributed by atoms with Crippen LogP contribution in [0.2, 0.25) is 0 Å². The molecule has 2 aromatic carbocycles. The average Bonchev–Trinajstić information content (AvgIpc) is 3.64. The van der Waals surface area contributed by atoms with Crippen LogP contribution in [0.25, 0.3) is 0 Å². The molecule has 0 bridgehead atoms. The lowest BCUT2D eigenvalue weighted by molar-refractivity contribution is -0.111. The summed E-state index contributed by atoms with van der Waals surface area (Å²) in [6.07, 6.45) is 10.8. The molecule has 2 N–H and O–H groups in total. The number of benzene rings is 2. The molecule has 1 saturated carbocycles. The number of rotatable bonds is 9. The van der Waals surface area contributed by atoms with Crippen molar-refractivity contribution in [2.24, 2.45) is 5.41 Å². The number of amides is 1. The number of nitrogens with zero attached hydrogens (tertiary/aromatic N) is 5. The Kier molecular flexibility index (Phi) is 8.71. The molecule has 4 aliphatic rings. The number of carbonyl (C=O) groups is 1. The van der Waals surface area contributed by atoms with Gasteiger partial charge in [0, 0.05) is 43.8 Å². The van der Waals surface area contributed by atoms with E-state index in [1.54, 1.807) is 18.2 Å². The number of hydrogen-bond acceptors (Lipinski definition) is 9. The number of piperidine rings is 2. The Morgan fingerprint density at radius 2 is 1.72 bits per heavy atom. The molecule has 1 atom stereocenters. The quantitative estimate of drug-likeness (QED) is 0.258. The van der Waals surface area contributed by atoms with Gasteiger partial charge in [0.2, 0.25) is 5.91 Å². The molecular formula is C35H41F2N7O3. The Hall–Kier alpha value is -4.29. The van der Waals surface area contributed by atoms with E-state index in [4.69, 9.17) is 9.57 Å². The number of ether oxygens (including phenoxy) is 1. The summed E-state index contributed by atoms with van der Waals surface area (Å²) < 4.78 is 33.8. The van der Waals surface area contributed by atoms with Gasteiger partial charge in [-0.3, -0.25) is 9.63 Å². The molecule has 1 amide bonds. The fraction of sp³-hybridized carbons (Fsp3) is 0.457. The van der Waals surface area contributed by atoms with E-state index in [-0.39, 0.29) is 5.91 Å². The van der Waals surface area contributed by atoms with Gasteiger partial charge in [-0.15, -0.1) is 0 Å². The van der Waals surface area contributed by atoms with Crippen LogP contribution in [0, 0.1) is 17.0 Å². The van der Waals surface area contributed by atoms with Crippen molar-refractivity contribution in [2.45, 2.75) is 57.0 Å². The number of hydrogen-bond donors (Lipinski definition) is 2. The van der Waals surface area contributed by atoms with Gasteiger partial charge < -0.3 is 25.2 Å². The molecule has 4 fully saturated rings. The van der Waals surface area contributed by atoms with Gasteiger partial charge >= 0.3 is 0 Å². The van der Waals surface area contributed by atoms with E-state index in [1.807, 2.05) is 12.1 Å². The van der Waals surface area contributed by atoms with Crippen molar-refractivity contribution in [3.05, 3.63) is 72.6 Å². The van der Waals surface area contributed by atoms with Crippen LogP contribution in [0.15, 0.2) is 55.4 Å². The van der Waals surface area contributed by atoms with Crippen LogP contribution >= 0.6 is 0 Å². The molecule has 3 aromatic rings. The number of nitrogens with one attached hydrogen (secondary N) is 2. The summed E-state index contributed by atoms with van der Waals surface area (Å²) in [7, 11) is 1.60. The van der Waals surface area contributed by atoms with Gasteiger partial charge in [-0.2, -0.15) is 0 Å². The third kappa shape index (κ3) is 6.75. The van der Waals surface area contributed by atoms with E-state index in [2.05, 4.69) is 37.0 Å². The summed E-state index contributed by atoms with van der Waals surface area (Å²) in [5.41, 5.74) is 3.23. The minimum absolute atomic E-state index is 0.310. The van der Waals surface area contributed by atoms with Gasteiger partial charge in [-0.25, -0.2) is 23.8 Å². The molecule has 3 aliphatic heterocycles. The third-order valence-corrected chi connectivity index (χ3v) is 10.2. The first-order chi connectivity index (χ1) is 22.8. The van der Waals surface area contributed by atoms with Crippen LogP contribution < -0.4 is 25.3 Å². The number of carbonyl (C=O) groups excluding carboxylic acids is 1. The van der Waals surface area contributed by atoms with Crippen LogP contribution in [0.5, 0.6) is 5.75 Å². The predicted octanol–water partition coefficient (Wildman–Crippen LogP) is 6.36. The lowest BCUT2D eigenvalue weighted by Crippen LogP contribution is -2.48. The fourth-order valence-electron chi connectivity index (χ4n) is 7.33. The SMILES string of the molecule is C=CC(=O)Nc1cc(Nc2cc(N3OCC[C@@H]3c3cc(F)cc(F)c3)ncn2)c(OC)cc1N1CCC(N2CCC3(CC2)CC3)CC1. The molecule has 3 saturated heterocycles. The zero-order chi connectivity index (χ0) is 32.5. The highest BCUT2D eigenvalue weighted by atomic mass is 19.1. The van der Waals surface area contributed by atoms with E-state index >= 15 is 0 Å². The molecule has 1 aliphatic carbocycles. The highest BCUT2D eigenvalue weighted by Gasteiger charge is 2.45. The fourth-order valence-corrected chi connectivity index (χ4v) is 7.33. The molecule has 12 heteroatoms. The Morgan fingerprint density at radius 3 is 2.40 bits per heavy atom. The minimum atomic E-state index is -0.649. The summed E-state index contributed by atoms with van der Waals surface area (Å²) in [6, 6.07) is 9.10. The van der Waals surface area contributed by atoms with E-state index in [0.29, 0.717) is 58.8 Å². The minimum Gasteiger partial charge on any atom is -0.494 e. The molecule has 10 nitrogen and oxygen atoms in total. The maximum absolute atomic E-state index is 14.0. The van der Waals surface area contributed by atoms with E-state index in [0.717, 1.165) is 37.7 Å². The second kappa shape index (κ2) is 13.1. The standard InChI is InChI=1S/C35H41F2N7O3/c1-3-34(45)41-27-19-28(31(46-2)20-30(27)43-11-4-26(5-12-43)42-13-9-35(7-8-35)10-14-42)40-32-21-33(39-22-38-32)44-29(6-15-47-44)23-16-24(36)18-25(37)17-23/h3,16-22,26,29H,1,4-15H2,2H3,(H,41,45)(H,38,39,40)/t29-/m1/s1. The Bertz CT molecular complexity index is 1610. The second-order valence-corrected chi connectivity index (χ2v) is 13.1. The Morgan fingerprint density at radius 1 is 0.979 bits per heavy atom. The molecule has 1 aromatic heterocycles. The maximum Gasteiger partial charge on any atom is 0.247 e. The van der Waals surface area contributed by atoms with Crippen molar-refractivity contribution in [3.63, 3.8) is 0 Å². The van der Waals surface area contributed by atoms with Crippen LogP contribution in [-0.2, 0) is 9.63 Å². The largest absolute Gasteiger partial charge is 0.494 e. The molecule has 0 unspecified atom stereocenters. The van der Waals surface area contributed by atoms with Crippen LogP contribution in [0.3, 0.4) is 0 Å². The van der Waals surface area contributed by atoms with Gasteiger partial charge in [0.1, 0.15) is 29.5 Å². The van der Waals surface area contributed by atoms with Gasteiger partial charge in [-0.05, 0) is 86.9 Å². The number of likely N-dealkylation sites (tertiary alicyclic amines) is 1. The van der Waals surface area contributed by atoms with Crippen molar-refractivity contribution >= 4 is 34.6 Å². The summed E-state index contributed by atoms with van der Waals surface area (Å²) in [6.45, 7) is 8.17. The van der Waals surface area contributed by atoms with Crippen LogP contribution in [0.4, 0.5) is 37.5 Å². The first-order valence-electron chi connectivity index (χ1n) is 16.4. The Labute approximate surface area is 273 Å². The van der Waals surface area contributed by atoms with E-state index < -0.39 is 17.7 Å². The number of hydroxylamine groups is 1. The van der Waals surface area contributed by atoms with Crippen molar-refractivity contribution in [1.82, 2.24) is 14.9 Å². The average molecular weight is 646 g/mol. The van der Waals surface area contributed by atoms with Crippen molar-refractivity contribution in [3.8, 4) is 5.75 Å². The summed E-state index contributed by atoms with van der Waals surface area (Å²) in [5, 5.41) is 7.84. The smallest absolute Gasteiger partial charge is 0.247 e. The van der Waals surface area contributed by atoms with Gasteiger partial charge in [0.15, 0.2) is 5.82 Å². The highest BCUT2D eigenvalue weighted by molar-refractivity contribution is 6.02. The second-order valence-electron chi connectivity index (χ2n) is 13.1. The Balaban J connectivity index is 1.10. The lowest BCUT2D eigenvalue weighted by atomic mass is 9.91. The highest BCUT2D eigenvalue weighted by Crippen LogP contribution is 2.54.